The minimum absolute atomic E-state index is 0.101. The molecule has 0 amide bonds. The molecule has 3 saturated heterocycles. The number of hydrogen-bond donors (Lipinski definition) is 3. The van der Waals surface area contributed by atoms with Crippen molar-refractivity contribution in [3.8, 4) is 34.0 Å². The molecule has 0 aliphatic carbocycles. The predicted octanol–water partition coefficient (Wildman–Crippen LogP) is 7.51. The van der Waals surface area contributed by atoms with Crippen LogP contribution < -0.4 is 31.4 Å². The third-order valence-electron chi connectivity index (χ3n) is 14.5. The molecule has 5 N–H and O–H groups in total. The lowest BCUT2D eigenvalue weighted by Gasteiger charge is -2.30. The maximum Gasteiger partial charge on any atom is 0.389 e. The normalized spacial score (nSPS) is 26.0. The van der Waals surface area contributed by atoms with Crippen molar-refractivity contribution in [2.24, 2.45) is 0 Å². The van der Waals surface area contributed by atoms with Gasteiger partial charge in [0.25, 0.3) is 13.0 Å². The van der Waals surface area contributed by atoms with E-state index in [0.717, 1.165) is 44.7 Å². The number of H-pyrrole nitrogens is 1. The van der Waals surface area contributed by atoms with Gasteiger partial charge in [-0.1, -0.05) is 59.8 Å². The van der Waals surface area contributed by atoms with Crippen LogP contribution in [0.3, 0.4) is 0 Å². The Hall–Kier alpha value is -7.85. The van der Waals surface area contributed by atoms with E-state index in [4.69, 9.17) is 56.1 Å². The van der Waals surface area contributed by atoms with Gasteiger partial charge in [0.2, 0.25) is 13.5 Å². The monoisotopic (exact) mass is 1200 g/mol. The van der Waals surface area contributed by atoms with E-state index in [0.29, 0.717) is 35.8 Å². The zero-order valence-electron chi connectivity index (χ0n) is 44.1. The molecule has 25 nitrogen and oxygen atoms in total. The smallest absolute Gasteiger partial charge is 0.389 e. The molecule has 0 unspecified atom stereocenters. The Morgan fingerprint density at radius 2 is 1.48 bits per heavy atom. The first-order chi connectivity index (χ1) is 40.6. The summed E-state index contributed by atoms with van der Waals surface area (Å²) < 4.78 is 114. The summed E-state index contributed by atoms with van der Waals surface area (Å²) in [6.07, 6.45) is -10.5. The standard InChI is InChI=1S/C53H48BF2N13O12P2S/c1-66-22-30-6-2-3-7-33(30)41-44(34-8-4-5-9-36(34)66)69(65-64-41)20-21-74-31-16-12-29(13-17-31)52(71)77-32-14-10-28(11-15-32)25-84-83(73)76-24-38-45(39(55)51(79-38)68-27-61-43-48(68)62-53(58)63-49(43)70)80-82(54,72)75-23-37-46(81-83)40(56)50(78-37)67-26-60-42-35(57)18-19-59-47(42)67/h2-19,26-27,37-40,45-46,50-51H,20-25H2,1H3,(H2,57,59)(H3,58,62,63,70)/t37-,38-,39-,40-,45-,46-,50-,51-,82-,83-/m1/s1. The van der Waals surface area contributed by atoms with Crippen LogP contribution in [0.5, 0.6) is 11.5 Å². The molecule has 4 aromatic carbocycles. The number of para-hydroxylation sites is 1. The number of aromatic amines is 1. The fourth-order valence-electron chi connectivity index (χ4n) is 10.5. The lowest BCUT2D eigenvalue weighted by molar-refractivity contribution is -0.0546. The van der Waals surface area contributed by atoms with E-state index >= 15 is 13.3 Å². The molecule has 84 heavy (non-hydrogen) atoms. The summed E-state index contributed by atoms with van der Waals surface area (Å²) in [4.78, 5) is 47.2. The van der Waals surface area contributed by atoms with Crippen LogP contribution in [0.4, 0.5) is 26.1 Å². The minimum atomic E-state index is -4.77. The molecule has 0 bridgehead atoms. The number of imidazole rings is 2. The Morgan fingerprint density at radius 1 is 0.810 bits per heavy atom. The van der Waals surface area contributed by atoms with Crippen LogP contribution in [-0.4, -0.2) is 126 Å². The third kappa shape index (κ3) is 10.6. The Morgan fingerprint density at radius 3 is 2.24 bits per heavy atom. The average Bonchev–Trinajstić information content (AvgIpc) is 4.18. The number of esters is 1. The Bertz CT molecular complexity index is 4150. The van der Waals surface area contributed by atoms with Crippen molar-refractivity contribution >= 4 is 78.8 Å². The number of carbonyl (C=O) groups excluding carboxylic acids is 1. The van der Waals surface area contributed by atoms with E-state index in [9.17, 15) is 14.2 Å². The Labute approximate surface area is 480 Å². The fraction of sp³-hybridized carbons (Fsp3) is 0.283. The van der Waals surface area contributed by atoms with E-state index in [1.165, 1.54) is 35.3 Å². The van der Waals surface area contributed by atoms with Crippen LogP contribution in [0.1, 0.15) is 33.9 Å². The summed E-state index contributed by atoms with van der Waals surface area (Å²) in [5.41, 5.74) is 18.1. The van der Waals surface area contributed by atoms with Gasteiger partial charge in [-0.2, -0.15) is 4.98 Å². The molecule has 9 heterocycles. The number of hydrogen-bond acceptors (Lipinski definition) is 22. The largest absolute Gasteiger partial charge is 0.492 e. The highest BCUT2D eigenvalue weighted by Crippen LogP contribution is 2.65. The summed E-state index contributed by atoms with van der Waals surface area (Å²) in [6.45, 7) is -4.84. The van der Waals surface area contributed by atoms with Crippen molar-refractivity contribution in [2.45, 2.75) is 68.1 Å². The van der Waals surface area contributed by atoms with Gasteiger partial charge >= 0.3 is 12.8 Å². The van der Waals surface area contributed by atoms with E-state index in [2.05, 4.69) is 71.4 Å². The Balaban J connectivity index is 0.694. The highest BCUT2D eigenvalue weighted by molar-refractivity contribution is 8.54. The molecular formula is C53H48BF2N13O12P2S. The second kappa shape index (κ2) is 22.3. The number of fused-ring (bicyclic) bond motifs is 9. The molecule has 5 aromatic heterocycles. The number of nitrogens with two attached hydrogens (primary N) is 2. The number of aromatic nitrogens is 10. The summed E-state index contributed by atoms with van der Waals surface area (Å²) in [7, 11) is 3.34. The van der Waals surface area contributed by atoms with E-state index < -0.39 is 88.2 Å². The van der Waals surface area contributed by atoms with Gasteiger partial charge in [0, 0.05) is 42.4 Å². The van der Waals surface area contributed by atoms with Crippen LogP contribution in [0.25, 0.3) is 44.8 Å². The van der Waals surface area contributed by atoms with Gasteiger partial charge in [0.1, 0.15) is 53.7 Å². The van der Waals surface area contributed by atoms with Crippen molar-refractivity contribution < 1.29 is 59.7 Å². The Kier molecular flexibility index (Phi) is 14.7. The van der Waals surface area contributed by atoms with Crippen molar-refractivity contribution in [3.05, 3.63) is 149 Å². The zero-order chi connectivity index (χ0) is 58.0. The number of nitrogen functional groups attached to an aromatic ring is 2. The molecule has 13 rings (SSSR count). The quantitative estimate of drug-likeness (QED) is 0.0488. The summed E-state index contributed by atoms with van der Waals surface area (Å²) in [5, 5.41) is 9.18. The first kappa shape index (κ1) is 55.4. The number of nitrogens with zero attached hydrogens (tertiary/aromatic N) is 10. The molecule has 4 aliphatic rings. The number of pyridine rings is 1. The van der Waals surface area contributed by atoms with Crippen molar-refractivity contribution in [1.29, 1.82) is 0 Å². The molecule has 3 fully saturated rings. The summed E-state index contributed by atoms with van der Waals surface area (Å²) in [6, 6.07) is 30.6. The van der Waals surface area contributed by atoms with Crippen molar-refractivity contribution in [2.75, 3.05) is 43.2 Å². The van der Waals surface area contributed by atoms with Gasteiger partial charge in [0.05, 0.1) is 49.4 Å². The molecule has 9 aromatic rings. The number of rotatable bonds is 11. The van der Waals surface area contributed by atoms with E-state index in [1.54, 1.807) is 36.4 Å². The molecular weight excluding hydrogens is 1150 g/mol. The minimum Gasteiger partial charge on any atom is -0.492 e. The van der Waals surface area contributed by atoms with Crippen LogP contribution in [0.15, 0.2) is 127 Å². The average molecular weight is 1200 g/mol. The fourth-order valence-corrected chi connectivity index (χ4v) is 14.9. The lowest BCUT2D eigenvalue weighted by Crippen LogP contribution is -2.37. The van der Waals surface area contributed by atoms with Gasteiger partial charge < -0.3 is 44.4 Å². The van der Waals surface area contributed by atoms with Crippen molar-refractivity contribution in [3.63, 3.8) is 0 Å². The highest BCUT2D eigenvalue weighted by Gasteiger charge is 2.55. The van der Waals surface area contributed by atoms with Gasteiger partial charge in [-0.05, 0) is 71.0 Å². The molecule has 10 atom stereocenters. The van der Waals surface area contributed by atoms with Gasteiger partial charge in [-0.3, -0.25) is 32.5 Å². The number of carbonyl (C=O) groups is 1. The lowest BCUT2D eigenvalue weighted by atomic mass is 9.96. The highest BCUT2D eigenvalue weighted by atomic mass is 32.7. The van der Waals surface area contributed by atoms with Crippen molar-refractivity contribution in [1.82, 2.24) is 49.0 Å². The second-order valence-corrected chi connectivity index (χ2v) is 25.5. The SMILES string of the molecule is [B][P@@]1(=O)OC[C@H]2O[C@@H](n3cnc4c(N)ccnc43)[C@H](F)[C@@H]2O[P@](=O)(SCc2ccc(OC(=O)c3ccc(OCCn4nnc5c4-c4ccccc4N(C)Cc4ccccc4-5)cc3)cc2)OC[C@H]2O[C@@H](n3cnc4c(=O)[nH]c(N)nc43)[C@H](F)[C@@H]2O1. The van der Waals surface area contributed by atoms with Gasteiger partial charge in [-0.15, -0.1) is 5.10 Å². The molecule has 0 saturated carbocycles. The first-order valence-electron chi connectivity index (χ1n) is 26.1. The van der Waals surface area contributed by atoms with Gasteiger partial charge in [-0.25, -0.2) is 37.8 Å². The maximum atomic E-state index is 17.0. The van der Waals surface area contributed by atoms with Crippen LogP contribution in [-0.2, 0) is 55.5 Å². The van der Waals surface area contributed by atoms with E-state index in [1.807, 2.05) is 28.9 Å². The molecule has 2 radical (unpaired) electrons. The molecule has 430 valence electrons. The maximum absolute atomic E-state index is 17.0. The third-order valence-corrected chi connectivity index (χ3v) is 19.2. The number of alkyl halides is 2. The topological polar surface area (TPSA) is 305 Å². The second-order valence-electron chi connectivity index (χ2n) is 20.0. The number of benzene rings is 4. The zero-order valence-corrected chi connectivity index (χ0v) is 46.7. The number of anilines is 3. The molecule has 31 heteroatoms. The van der Waals surface area contributed by atoms with E-state index in [-0.39, 0.29) is 57.6 Å². The summed E-state index contributed by atoms with van der Waals surface area (Å²) in [5.74, 6) is -0.353. The predicted molar refractivity (Wildman–Crippen MR) is 302 cm³/mol. The summed E-state index contributed by atoms with van der Waals surface area (Å²) >= 11 is 0.645. The van der Waals surface area contributed by atoms with Crippen LogP contribution in [0, 0.1) is 0 Å². The number of ether oxygens (including phenoxy) is 4. The van der Waals surface area contributed by atoms with Crippen LogP contribution in [0.2, 0.25) is 0 Å². The number of nitrogens with one attached hydrogen (secondary N) is 1. The first-order valence-corrected chi connectivity index (χ1v) is 30.9. The number of halogens is 2. The van der Waals surface area contributed by atoms with Crippen LogP contribution >= 0.6 is 25.7 Å². The molecule has 0 spiro atoms. The van der Waals surface area contributed by atoms with Gasteiger partial charge in [0.15, 0.2) is 41.6 Å². The molecule has 4 aliphatic heterocycles.